The third kappa shape index (κ3) is 5.01. The minimum absolute atomic E-state index is 0.00657. The lowest BCUT2D eigenvalue weighted by Crippen LogP contribution is -2.41. The van der Waals surface area contributed by atoms with E-state index in [-0.39, 0.29) is 11.4 Å². The largest absolute Gasteiger partial charge is 0.383 e. The lowest BCUT2D eigenvalue weighted by Gasteiger charge is -2.20. The SMILES string of the molecule is Cc1cccc(C#N)c1NCCC(=O)NC(C)(C)C. The van der Waals surface area contributed by atoms with Gasteiger partial charge in [-0.3, -0.25) is 4.79 Å². The van der Waals surface area contributed by atoms with Crippen LogP contribution in [-0.4, -0.2) is 18.0 Å². The van der Waals surface area contributed by atoms with E-state index in [9.17, 15) is 4.79 Å². The number of anilines is 1. The quantitative estimate of drug-likeness (QED) is 0.873. The van der Waals surface area contributed by atoms with Crippen LogP contribution < -0.4 is 10.6 Å². The summed E-state index contributed by atoms with van der Waals surface area (Å²) < 4.78 is 0. The molecule has 0 fully saturated rings. The summed E-state index contributed by atoms with van der Waals surface area (Å²) in [6.07, 6.45) is 0.385. The fourth-order valence-corrected chi connectivity index (χ4v) is 1.78. The fourth-order valence-electron chi connectivity index (χ4n) is 1.78. The van der Waals surface area contributed by atoms with Crippen molar-refractivity contribution in [1.82, 2.24) is 5.32 Å². The van der Waals surface area contributed by atoms with Crippen LogP contribution in [0.5, 0.6) is 0 Å². The van der Waals surface area contributed by atoms with E-state index in [0.29, 0.717) is 18.5 Å². The van der Waals surface area contributed by atoms with Gasteiger partial charge in [-0.2, -0.15) is 5.26 Å². The molecular formula is C15H21N3O. The van der Waals surface area contributed by atoms with E-state index in [1.54, 1.807) is 6.07 Å². The first-order chi connectivity index (χ1) is 8.83. The number of hydrogen-bond acceptors (Lipinski definition) is 3. The van der Waals surface area contributed by atoms with Crippen LogP contribution in [0.25, 0.3) is 0 Å². The average Bonchev–Trinajstić information content (AvgIpc) is 2.28. The molecule has 2 N–H and O–H groups in total. The Hall–Kier alpha value is -2.02. The molecule has 0 aliphatic carbocycles. The van der Waals surface area contributed by atoms with Crippen molar-refractivity contribution in [2.24, 2.45) is 0 Å². The van der Waals surface area contributed by atoms with Crippen LogP contribution in [0.15, 0.2) is 18.2 Å². The zero-order valence-electron chi connectivity index (χ0n) is 12.0. The molecule has 0 spiro atoms. The first-order valence-electron chi connectivity index (χ1n) is 6.38. The van der Waals surface area contributed by atoms with Gasteiger partial charge in [0.15, 0.2) is 0 Å². The molecule has 0 aromatic heterocycles. The summed E-state index contributed by atoms with van der Waals surface area (Å²) in [5.41, 5.74) is 2.22. The lowest BCUT2D eigenvalue weighted by atomic mass is 10.1. The van der Waals surface area contributed by atoms with Crippen LogP contribution in [0, 0.1) is 18.3 Å². The maximum Gasteiger partial charge on any atom is 0.222 e. The normalized spacial score (nSPS) is 10.7. The van der Waals surface area contributed by atoms with Gasteiger partial charge in [-0.1, -0.05) is 12.1 Å². The number of para-hydroxylation sites is 1. The van der Waals surface area contributed by atoms with Crippen LogP contribution in [0.3, 0.4) is 0 Å². The first kappa shape index (κ1) is 15.0. The molecule has 1 rings (SSSR count). The number of nitriles is 1. The molecule has 1 aromatic rings. The summed E-state index contributed by atoms with van der Waals surface area (Å²) >= 11 is 0. The number of rotatable bonds is 4. The van der Waals surface area contributed by atoms with Crippen LogP contribution in [-0.2, 0) is 4.79 Å². The van der Waals surface area contributed by atoms with E-state index < -0.39 is 0 Å². The van der Waals surface area contributed by atoms with Crippen molar-refractivity contribution >= 4 is 11.6 Å². The molecule has 1 amide bonds. The Kier molecular flexibility index (Phi) is 4.94. The first-order valence-corrected chi connectivity index (χ1v) is 6.38. The second-order valence-corrected chi connectivity index (χ2v) is 5.58. The molecule has 0 saturated heterocycles. The molecule has 1 aromatic carbocycles. The van der Waals surface area contributed by atoms with Crippen LogP contribution in [0.4, 0.5) is 5.69 Å². The van der Waals surface area contributed by atoms with Crippen molar-refractivity contribution in [3.8, 4) is 6.07 Å². The van der Waals surface area contributed by atoms with Gasteiger partial charge in [0.05, 0.1) is 11.3 Å². The van der Waals surface area contributed by atoms with Gasteiger partial charge in [-0.15, -0.1) is 0 Å². The summed E-state index contributed by atoms with van der Waals surface area (Å²) in [6.45, 7) is 8.31. The van der Waals surface area contributed by atoms with Gasteiger partial charge in [-0.25, -0.2) is 0 Å². The molecule has 19 heavy (non-hydrogen) atoms. The van der Waals surface area contributed by atoms with Crippen molar-refractivity contribution in [3.63, 3.8) is 0 Å². The Bertz CT molecular complexity index is 495. The highest BCUT2D eigenvalue weighted by atomic mass is 16.1. The number of carbonyl (C=O) groups excluding carboxylic acids is 1. The minimum atomic E-state index is -0.211. The number of aryl methyl sites for hydroxylation is 1. The Balaban J connectivity index is 2.55. The summed E-state index contributed by atoms with van der Waals surface area (Å²) in [4.78, 5) is 11.7. The van der Waals surface area contributed by atoms with Gasteiger partial charge in [0.1, 0.15) is 6.07 Å². The van der Waals surface area contributed by atoms with Crippen molar-refractivity contribution in [1.29, 1.82) is 5.26 Å². The van der Waals surface area contributed by atoms with Crippen LogP contribution >= 0.6 is 0 Å². The molecular weight excluding hydrogens is 238 g/mol. The number of nitrogens with zero attached hydrogens (tertiary/aromatic N) is 1. The average molecular weight is 259 g/mol. The monoisotopic (exact) mass is 259 g/mol. The van der Waals surface area contributed by atoms with Crippen molar-refractivity contribution in [2.45, 2.75) is 39.7 Å². The summed E-state index contributed by atoms with van der Waals surface area (Å²) in [5, 5.41) is 15.1. The molecule has 0 aliphatic heterocycles. The highest BCUT2D eigenvalue weighted by Gasteiger charge is 2.13. The maximum absolute atomic E-state index is 11.7. The summed E-state index contributed by atoms with van der Waals surface area (Å²) in [5.74, 6) is 0.00657. The van der Waals surface area contributed by atoms with Crippen molar-refractivity contribution in [3.05, 3.63) is 29.3 Å². The predicted octanol–water partition coefficient (Wildman–Crippen LogP) is 2.58. The minimum Gasteiger partial charge on any atom is -0.383 e. The molecule has 102 valence electrons. The predicted molar refractivity (Wildman–Crippen MR) is 76.9 cm³/mol. The van der Waals surface area contributed by atoms with E-state index >= 15 is 0 Å². The third-order valence-electron chi connectivity index (χ3n) is 2.56. The lowest BCUT2D eigenvalue weighted by molar-refractivity contribution is -0.122. The van der Waals surface area contributed by atoms with Gasteiger partial charge < -0.3 is 10.6 Å². The summed E-state index contributed by atoms with van der Waals surface area (Å²) in [7, 11) is 0. The van der Waals surface area contributed by atoms with Crippen molar-refractivity contribution in [2.75, 3.05) is 11.9 Å². The number of benzene rings is 1. The number of amides is 1. The Morgan fingerprint density at radius 3 is 2.63 bits per heavy atom. The van der Waals surface area contributed by atoms with E-state index in [1.165, 1.54) is 0 Å². The van der Waals surface area contributed by atoms with Gasteiger partial charge in [0, 0.05) is 18.5 Å². The maximum atomic E-state index is 11.7. The number of carbonyl (C=O) groups is 1. The highest BCUT2D eigenvalue weighted by Crippen LogP contribution is 2.19. The molecule has 0 bridgehead atoms. The molecule has 0 aliphatic rings. The molecule has 0 radical (unpaired) electrons. The second-order valence-electron chi connectivity index (χ2n) is 5.58. The zero-order chi connectivity index (χ0) is 14.5. The smallest absolute Gasteiger partial charge is 0.222 e. The van der Waals surface area contributed by atoms with Gasteiger partial charge in [-0.05, 0) is 39.3 Å². The zero-order valence-corrected chi connectivity index (χ0v) is 12.0. The molecule has 0 atom stereocenters. The van der Waals surface area contributed by atoms with Gasteiger partial charge in [0.2, 0.25) is 5.91 Å². The van der Waals surface area contributed by atoms with Gasteiger partial charge >= 0.3 is 0 Å². The number of nitrogens with one attached hydrogen (secondary N) is 2. The van der Waals surface area contributed by atoms with Crippen molar-refractivity contribution < 1.29 is 4.79 Å². The fraction of sp³-hybridized carbons (Fsp3) is 0.467. The number of hydrogen-bond donors (Lipinski definition) is 2. The topological polar surface area (TPSA) is 64.9 Å². The molecule has 4 heteroatoms. The Morgan fingerprint density at radius 2 is 2.05 bits per heavy atom. The molecule has 0 saturated carbocycles. The van der Waals surface area contributed by atoms with Gasteiger partial charge in [0.25, 0.3) is 0 Å². The third-order valence-corrected chi connectivity index (χ3v) is 2.56. The van der Waals surface area contributed by atoms with E-state index in [4.69, 9.17) is 5.26 Å². The second kappa shape index (κ2) is 6.24. The molecule has 0 heterocycles. The van der Waals surface area contributed by atoms with E-state index in [0.717, 1.165) is 11.3 Å². The standard InChI is InChI=1S/C15H21N3O/c1-11-6-5-7-12(10-16)14(11)17-9-8-13(19)18-15(2,3)4/h5-7,17H,8-9H2,1-4H3,(H,18,19). The van der Waals surface area contributed by atoms with E-state index in [2.05, 4.69) is 16.7 Å². The molecule has 0 unspecified atom stereocenters. The van der Waals surface area contributed by atoms with Crippen LogP contribution in [0.2, 0.25) is 0 Å². The Labute approximate surface area is 114 Å². The summed E-state index contributed by atoms with van der Waals surface area (Å²) in [6, 6.07) is 7.71. The van der Waals surface area contributed by atoms with Crippen LogP contribution in [0.1, 0.15) is 38.3 Å². The highest BCUT2D eigenvalue weighted by molar-refractivity contribution is 5.77. The van der Waals surface area contributed by atoms with E-state index in [1.807, 2.05) is 39.8 Å². The molecule has 4 nitrogen and oxygen atoms in total. The Morgan fingerprint density at radius 1 is 1.37 bits per heavy atom.